The normalized spacial score (nSPS) is 14.5. The number of nitrogens with zero attached hydrogens (tertiary/aromatic N) is 1. The Labute approximate surface area is 127 Å². The van der Waals surface area contributed by atoms with Gasteiger partial charge in [-0.05, 0) is 57.4 Å². The number of hydrogen-bond acceptors (Lipinski definition) is 3. The molecular formula is C16H27FN2S. The third-order valence-electron chi connectivity index (χ3n) is 3.82. The highest BCUT2D eigenvalue weighted by molar-refractivity contribution is 7.98. The average Bonchev–Trinajstić information content (AvgIpc) is 2.45. The van der Waals surface area contributed by atoms with Crippen LogP contribution in [0.4, 0.5) is 4.39 Å². The Morgan fingerprint density at radius 3 is 2.70 bits per heavy atom. The van der Waals surface area contributed by atoms with Crippen LogP contribution in [0.15, 0.2) is 24.3 Å². The lowest BCUT2D eigenvalue weighted by Crippen LogP contribution is -2.35. The minimum absolute atomic E-state index is 0.162. The van der Waals surface area contributed by atoms with Gasteiger partial charge in [0.2, 0.25) is 0 Å². The second-order valence-corrected chi connectivity index (χ2v) is 6.09. The highest BCUT2D eigenvalue weighted by Gasteiger charge is 2.15. The molecule has 1 rings (SSSR count). The maximum atomic E-state index is 13.3. The molecule has 0 radical (unpaired) electrons. The van der Waals surface area contributed by atoms with E-state index in [2.05, 4.69) is 30.4 Å². The first-order valence-corrected chi connectivity index (χ1v) is 8.63. The van der Waals surface area contributed by atoms with Crippen LogP contribution >= 0.6 is 11.8 Å². The fourth-order valence-electron chi connectivity index (χ4n) is 2.47. The first-order chi connectivity index (χ1) is 9.62. The van der Waals surface area contributed by atoms with Crippen LogP contribution in [0.3, 0.4) is 0 Å². The van der Waals surface area contributed by atoms with Crippen LogP contribution in [0.2, 0.25) is 0 Å². The van der Waals surface area contributed by atoms with Gasteiger partial charge in [0.15, 0.2) is 0 Å². The van der Waals surface area contributed by atoms with Crippen LogP contribution in [-0.2, 0) is 0 Å². The van der Waals surface area contributed by atoms with E-state index in [1.807, 2.05) is 24.9 Å². The van der Waals surface area contributed by atoms with Gasteiger partial charge in [-0.15, -0.1) is 0 Å². The zero-order valence-electron chi connectivity index (χ0n) is 13.0. The van der Waals surface area contributed by atoms with E-state index in [1.165, 1.54) is 12.5 Å². The van der Waals surface area contributed by atoms with Crippen molar-refractivity contribution in [3.05, 3.63) is 35.6 Å². The largest absolute Gasteiger partial charge is 0.313 e. The lowest BCUT2D eigenvalue weighted by molar-refractivity contribution is 0.242. The van der Waals surface area contributed by atoms with Crippen molar-refractivity contribution in [3.8, 4) is 0 Å². The van der Waals surface area contributed by atoms with Gasteiger partial charge in [-0.25, -0.2) is 4.39 Å². The summed E-state index contributed by atoms with van der Waals surface area (Å²) in [7, 11) is 4.12. The molecule has 1 aromatic carbocycles. The molecule has 2 nitrogen and oxygen atoms in total. The zero-order valence-corrected chi connectivity index (χ0v) is 13.8. The fraction of sp³-hybridized carbons (Fsp3) is 0.625. The van der Waals surface area contributed by atoms with E-state index in [9.17, 15) is 4.39 Å². The molecule has 1 N–H and O–H groups in total. The van der Waals surface area contributed by atoms with Crippen LogP contribution in [0.1, 0.15) is 31.4 Å². The molecule has 0 bridgehead atoms. The van der Waals surface area contributed by atoms with Gasteiger partial charge in [0.05, 0.1) is 0 Å². The van der Waals surface area contributed by atoms with Gasteiger partial charge in [0.1, 0.15) is 5.82 Å². The van der Waals surface area contributed by atoms with Crippen LogP contribution < -0.4 is 5.32 Å². The van der Waals surface area contributed by atoms with Crippen LogP contribution in [0.5, 0.6) is 0 Å². The summed E-state index contributed by atoms with van der Waals surface area (Å²) in [5.41, 5.74) is 1.03. The van der Waals surface area contributed by atoms with E-state index in [0.29, 0.717) is 6.04 Å². The first kappa shape index (κ1) is 17.5. The van der Waals surface area contributed by atoms with Crippen molar-refractivity contribution in [2.45, 2.75) is 31.8 Å². The van der Waals surface area contributed by atoms with E-state index < -0.39 is 0 Å². The van der Waals surface area contributed by atoms with Crippen molar-refractivity contribution < 1.29 is 4.39 Å². The molecule has 20 heavy (non-hydrogen) atoms. The molecule has 0 spiro atoms. The van der Waals surface area contributed by atoms with E-state index in [0.717, 1.165) is 24.3 Å². The van der Waals surface area contributed by atoms with Crippen molar-refractivity contribution in [2.75, 3.05) is 32.6 Å². The van der Waals surface area contributed by atoms with Crippen molar-refractivity contribution in [2.24, 2.45) is 0 Å². The monoisotopic (exact) mass is 298 g/mol. The summed E-state index contributed by atoms with van der Waals surface area (Å²) in [6.07, 6.45) is 4.31. The van der Waals surface area contributed by atoms with E-state index in [-0.39, 0.29) is 11.9 Å². The number of benzene rings is 1. The maximum Gasteiger partial charge on any atom is 0.123 e. The predicted molar refractivity (Wildman–Crippen MR) is 87.9 cm³/mol. The standard InChI is InChI=1S/C16H27FN2S/c1-5-15(12-20-4)19(3)10-9-16(18-2)13-7-6-8-14(17)11-13/h6-8,11,15-16,18H,5,9-10,12H2,1-4H3. The van der Waals surface area contributed by atoms with E-state index in [1.54, 1.807) is 12.1 Å². The lowest BCUT2D eigenvalue weighted by atomic mass is 10.0. The highest BCUT2D eigenvalue weighted by Crippen LogP contribution is 2.19. The van der Waals surface area contributed by atoms with Crippen LogP contribution in [-0.4, -0.2) is 43.6 Å². The fourth-order valence-corrected chi connectivity index (χ4v) is 3.34. The van der Waals surface area contributed by atoms with E-state index >= 15 is 0 Å². The number of nitrogens with one attached hydrogen (secondary N) is 1. The number of halogens is 1. The molecule has 0 amide bonds. The third-order valence-corrected chi connectivity index (χ3v) is 4.54. The quantitative estimate of drug-likeness (QED) is 0.750. The molecular weight excluding hydrogens is 271 g/mol. The molecule has 2 atom stereocenters. The molecule has 114 valence electrons. The minimum Gasteiger partial charge on any atom is -0.313 e. The molecule has 0 aliphatic rings. The topological polar surface area (TPSA) is 15.3 Å². The summed E-state index contributed by atoms with van der Waals surface area (Å²) in [5.74, 6) is 1.00. The predicted octanol–water partition coefficient (Wildman–Crippen LogP) is 3.55. The smallest absolute Gasteiger partial charge is 0.123 e. The summed E-state index contributed by atoms with van der Waals surface area (Å²) in [4.78, 5) is 2.42. The highest BCUT2D eigenvalue weighted by atomic mass is 32.2. The van der Waals surface area contributed by atoms with Crippen molar-refractivity contribution >= 4 is 11.8 Å². The SMILES string of the molecule is CCC(CSC)N(C)CCC(NC)c1cccc(F)c1. The molecule has 0 saturated carbocycles. The summed E-state index contributed by atoms with van der Waals surface area (Å²) in [5, 5.41) is 3.29. The summed E-state index contributed by atoms with van der Waals surface area (Å²) in [6.45, 7) is 3.25. The molecule has 0 saturated heterocycles. The van der Waals surface area contributed by atoms with E-state index in [4.69, 9.17) is 0 Å². The van der Waals surface area contributed by atoms with Crippen molar-refractivity contribution in [1.29, 1.82) is 0 Å². The van der Waals surface area contributed by atoms with Gasteiger partial charge in [0, 0.05) is 17.8 Å². The van der Waals surface area contributed by atoms with Crippen molar-refractivity contribution in [3.63, 3.8) is 0 Å². The molecule has 4 heteroatoms. The average molecular weight is 298 g/mol. The minimum atomic E-state index is -0.162. The number of hydrogen-bond donors (Lipinski definition) is 1. The van der Waals surface area contributed by atoms with Crippen molar-refractivity contribution in [1.82, 2.24) is 10.2 Å². The number of rotatable bonds is 9. The Morgan fingerprint density at radius 1 is 1.40 bits per heavy atom. The second kappa shape index (κ2) is 9.37. The molecule has 0 heterocycles. The summed E-state index contributed by atoms with van der Waals surface area (Å²) >= 11 is 1.89. The summed E-state index contributed by atoms with van der Waals surface area (Å²) < 4.78 is 13.3. The molecule has 1 aromatic rings. The molecule has 0 fully saturated rings. The Kier molecular flexibility index (Phi) is 8.19. The first-order valence-electron chi connectivity index (χ1n) is 7.24. The van der Waals surface area contributed by atoms with Gasteiger partial charge in [-0.2, -0.15) is 11.8 Å². The third kappa shape index (κ3) is 5.43. The summed E-state index contributed by atoms with van der Waals surface area (Å²) in [6, 6.07) is 7.72. The lowest BCUT2D eigenvalue weighted by Gasteiger charge is -2.28. The molecule has 0 aromatic heterocycles. The van der Waals surface area contributed by atoms with Gasteiger partial charge < -0.3 is 10.2 Å². The molecule has 2 unspecified atom stereocenters. The van der Waals surface area contributed by atoms with Gasteiger partial charge in [0.25, 0.3) is 0 Å². The zero-order chi connectivity index (χ0) is 15.0. The molecule has 0 aliphatic heterocycles. The number of thioether (sulfide) groups is 1. The Hall–Kier alpha value is -0.580. The Balaban J connectivity index is 2.57. The van der Waals surface area contributed by atoms with Crippen LogP contribution in [0.25, 0.3) is 0 Å². The van der Waals surface area contributed by atoms with Gasteiger partial charge in [-0.1, -0.05) is 19.1 Å². The van der Waals surface area contributed by atoms with Gasteiger partial charge >= 0.3 is 0 Å². The molecule has 0 aliphatic carbocycles. The second-order valence-electron chi connectivity index (χ2n) is 5.18. The Bertz CT molecular complexity index is 386. The Morgan fingerprint density at radius 2 is 2.15 bits per heavy atom. The maximum absolute atomic E-state index is 13.3. The van der Waals surface area contributed by atoms with Gasteiger partial charge in [-0.3, -0.25) is 0 Å². The van der Waals surface area contributed by atoms with Crippen LogP contribution in [0, 0.1) is 5.82 Å².